The largest absolute Gasteiger partial charge is 0.479 e. The smallest absolute Gasteiger partial charge is 0.344 e. The molecule has 0 aromatic heterocycles. The number of carboxylic acids is 1. The average Bonchev–Trinajstić information content (AvgIpc) is 2.43. The number of hydrogen-bond donors (Lipinski definition) is 1. The summed E-state index contributed by atoms with van der Waals surface area (Å²) in [5.74, 6) is 0.980. The zero-order chi connectivity index (χ0) is 15.4. The predicted octanol–water partition coefficient (Wildman–Crippen LogP) is 3.95. The molecule has 0 radical (unpaired) electrons. The SMILES string of the molecule is Cc1ccc(Oc2ccc(OC(C)C(=O)O)cc2)c(C)c1. The van der Waals surface area contributed by atoms with Gasteiger partial charge in [-0.1, -0.05) is 17.7 Å². The molecule has 2 aromatic rings. The molecule has 4 nitrogen and oxygen atoms in total. The van der Waals surface area contributed by atoms with Gasteiger partial charge in [-0.25, -0.2) is 4.79 Å². The van der Waals surface area contributed by atoms with Crippen molar-refractivity contribution in [3.63, 3.8) is 0 Å². The Morgan fingerprint density at radius 2 is 1.67 bits per heavy atom. The maximum atomic E-state index is 10.7. The van der Waals surface area contributed by atoms with Gasteiger partial charge < -0.3 is 14.6 Å². The minimum atomic E-state index is -0.995. The van der Waals surface area contributed by atoms with Gasteiger partial charge in [-0.3, -0.25) is 0 Å². The third-order valence-electron chi connectivity index (χ3n) is 3.04. The summed E-state index contributed by atoms with van der Waals surface area (Å²) in [5.41, 5.74) is 2.25. The molecule has 1 atom stereocenters. The van der Waals surface area contributed by atoms with Crippen molar-refractivity contribution in [2.45, 2.75) is 26.9 Å². The fourth-order valence-corrected chi connectivity index (χ4v) is 1.88. The highest BCUT2D eigenvalue weighted by Gasteiger charge is 2.12. The van der Waals surface area contributed by atoms with E-state index in [0.29, 0.717) is 11.5 Å². The molecular weight excluding hydrogens is 268 g/mol. The van der Waals surface area contributed by atoms with Crippen LogP contribution in [0.1, 0.15) is 18.1 Å². The third kappa shape index (κ3) is 3.99. The Bertz CT molecular complexity index is 632. The molecule has 0 saturated carbocycles. The first kappa shape index (κ1) is 14.9. The second kappa shape index (κ2) is 6.31. The molecule has 4 heteroatoms. The first-order valence-corrected chi connectivity index (χ1v) is 6.70. The number of aryl methyl sites for hydroxylation is 2. The van der Waals surface area contributed by atoms with E-state index in [1.54, 1.807) is 24.3 Å². The van der Waals surface area contributed by atoms with Crippen LogP contribution in [0.15, 0.2) is 42.5 Å². The van der Waals surface area contributed by atoms with Crippen molar-refractivity contribution in [3.8, 4) is 17.2 Å². The molecule has 0 heterocycles. The van der Waals surface area contributed by atoms with Gasteiger partial charge in [0.2, 0.25) is 0 Å². The number of carbonyl (C=O) groups is 1. The summed E-state index contributed by atoms with van der Waals surface area (Å²) in [4.78, 5) is 10.7. The molecule has 0 aliphatic heterocycles. The van der Waals surface area contributed by atoms with Gasteiger partial charge in [0.15, 0.2) is 6.10 Å². The van der Waals surface area contributed by atoms with Crippen molar-refractivity contribution in [1.29, 1.82) is 0 Å². The van der Waals surface area contributed by atoms with Gasteiger partial charge in [-0.15, -0.1) is 0 Å². The summed E-state index contributed by atoms with van der Waals surface area (Å²) < 4.78 is 11.1. The molecule has 2 aromatic carbocycles. The van der Waals surface area contributed by atoms with Gasteiger partial charge in [0, 0.05) is 0 Å². The molecule has 1 unspecified atom stereocenters. The van der Waals surface area contributed by atoms with Crippen LogP contribution in [0, 0.1) is 13.8 Å². The molecule has 0 aliphatic rings. The minimum absolute atomic E-state index is 0.498. The van der Waals surface area contributed by atoms with Crippen molar-refractivity contribution in [1.82, 2.24) is 0 Å². The number of carboxylic acid groups (broad SMARTS) is 1. The van der Waals surface area contributed by atoms with E-state index in [1.807, 2.05) is 26.0 Å². The van der Waals surface area contributed by atoms with E-state index in [2.05, 4.69) is 6.07 Å². The van der Waals surface area contributed by atoms with Gasteiger partial charge >= 0.3 is 5.97 Å². The van der Waals surface area contributed by atoms with Crippen LogP contribution in [0.25, 0.3) is 0 Å². The fourth-order valence-electron chi connectivity index (χ4n) is 1.88. The second-order valence-corrected chi connectivity index (χ2v) is 4.94. The monoisotopic (exact) mass is 286 g/mol. The number of aliphatic carboxylic acids is 1. The number of hydrogen-bond acceptors (Lipinski definition) is 3. The minimum Gasteiger partial charge on any atom is -0.479 e. The van der Waals surface area contributed by atoms with E-state index in [1.165, 1.54) is 12.5 Å². The topological polar surface area (TPSA) is 55.8 Å². The predicted molar refractivity (Wildman–Crippen MR) is 80.2 cm³/mol. The van der Waals surface area contributed by atoms with Crippen LogP contribution in [-0.4, -0.2) is 17.2 Å². The summed E-state index contributed by atoms with van der Waals surface area (Å²) in [7, 11) is 0. The van der Waals surface area contributed by atoms with Gasteiger partial charge in [-0.2, -0.15) is 0 Å². The van der Waals surface area contributed by atoms with Crippen LogP contribution in [0.2, 0.25) is 0 Å². The van der Waals surface area contributed by atoms with Crippen molar-refractivity contribution in [2.24, 2.45) is 0 Å². The molecule has 0 saturated heterocycles. The zero-order valence-corrected chi connectivity index (χ0v) is 12.3. The van der Waals surface area contributed by atoms with Crippen molar-refractivity contribution in [3.05, 3.63) is 53.6 Å². The maximum Gasteiger partial charge on any atom is 0.344 e. The Kier molecular flexibility index (Phi) is 4.48. The lowest BCUT2D eigenvalue weighted by atomic mass is 10.1. The normalized spacial score (nSPS) is 11.8. The van der Waals surface area contributed by atoms with Crippen LogP contribution in [0.5, 0.6) is 17.2 Å². The number of benzene rings is 2. The lowest BCUT2D eigenvalue weighted by molar-refractivity contribution is -0.144. The summed E-state index contributed by atoms with van der Waals surface area (Å²) in [6, 6.07) is 12.9. The molecule has 0 aliphatic carbocycles. The van der Waals surface area contributed by atoms with E-state index in [9.17, 15) is 4.79 Å². The highest BCUT2D eigenvalue weighted by Crippen LogP contribution is 2.27. The van der Waals surface area contributed by atoms with E-state index in [-0.39, 0.29) is 0 Å². The highest BCUT2D eigenvalue weighted by molar-refractivity contribution is 5.72. The van der Waals surface area contributed by atoms with Crippen LogP contribution >= 0.6 is 0 Å². The van der Waals surface area contributed by atoms with Crippen LogP contribution in [0.3, 0.4) is 0 Å². The Balaban J connectivity index is 2.07. The standard InChI is InChI=1S/C17H18O4/c1-11-4-9-16(12(2)10-11)21-15-7-5-14(6-8-15)20-13(3)17(18)19/h4-10,13H,1-3H3,(H,18,19). The molecule has 0 bridgehead atoms. The summed E-state index contributed by atoms with van der Waals surface area (Å²) in [6.45, 7) is 5.52. The highest BCUT2D eigenvalue weighted by atomic mass is 16.5. The average molecular weight is 286 g/mol. The molecular formula is C17H18O4. The Hall–Kier alpha value is -2.49. The second-order valence-electron chi connectivity index (χ2n) is 4.94. The summed E-state index contributed by atoms with van der Waals surface area (Å²) in [5, 5.41) is 8.80. The quantitative estimate of drug-likeness (QED) is 0.904. The van der Waals surface area contributed by atoms with E-state index in [0.717, 1.165) is 11.3 Å². The molecule has 21 heavy (non-hydrogen) atoms. The Labute approximate surface area is 123 Å². The fraction of sp³-hybridized carbons (Fsp3) is 0.235. The zero-order valence-electron chi connectivity index (χ0n) is 12.3. The van der Waals surface area contributed by atoms with Crippen LogP contribution in [-0.2, 0) is 4.79 Å². The number of ether oxygens (including phenoxy) is 2. The lowest BCUT2D eigenvalue weighted by Crippen LogP contribution is -2.22. The van der Waals surface area contributed by atoms with E-state index < -0.39 is 12.1 Å². The van der Waals surface area contributed by atoms with E-state index in [4.69, 9.17) is 14.6 Å². The summed E-state index contributed by atoms with van der Waals surface area (Å²) in [6.07, 6.45) is -0.879. The lowest BCUT2D eigenvalue weighted by Gasteiger charge is -2.12. The molecule has 0 spiro atoms. The van der Waals surface area contributed by atoms with Gasteiger partial charge in [0.05, 0.1) is 0 Å². The van der Waals surface area contributed by atoms with Crippen molar-refractivity contribution >= 4 is 5.97 Å². The van der Waals surface area contributed by atoms with Crippen LogP contribution < -0.4 is 9.47 Å². The first-order chi connectivity index (χ1) is 9.95. The third-order valence-corrected chi connectivity index (χ3v) is 3.04. The Morgan fingerprint density at radius 3 is 2.24 bits per heavy atom. The van der Waals surface area contributed by atoms with Crippen LogP contribution in [0.4, 0.5) is 0 Å². The number of rotatable bonds is 5. The van der Waals surface area contributed by atoms with Crippen molar-refractivity contribution < 1.29 is 19.4 Å². The maximum absolute atomic E-state index is 10.7. The first-order valence-electron chi connectivity index (χ1n) is 6.70. The van der Waals surface area contributed by atoms with Gasteiger partial charge in [0.1, 0.15) is 17.2 Å². The summed E-state index contributed by atoms with van der Waals surface area (Å²) >= 11 is 0. The molecule has 110 valence electrons. The molecule has 1 N–H and O–H groups in total. The molecule has 0 fully saturated rings. The molecule has 2 rings (SSSR count). The molecule has 0 amide bonds. The van der Waals surface area contributed by atoms with Gasteiger partial charge in [0.25, 0.3) is 0 Å². The Morgan fingerprint density at radius 1 is 1.05 bits per heavy atom. The van der Waals surface area contributed by atoms with E-state index >= 15 is 0 Å². The van der Waals surface area contributed by atoms with Gasteiger partial charge in [-0.05, 0) is 56.7 Å². The van der Waals surface area contributed by atoms with Crippen molar-refractivity contribution in [2.75, 3.05) is 0 Å².